The number of aryl methyl sites for hydroxylation is 1. The maximum Gasteiger partial charge on any atom is 0.0590 e. The Morgan fingerprint density at radius 1 is 1.39 bits per heavy atom. The highest BCUT2D eigenvalue weighted by molar-refractivity contribution is 7.11. The second kappa shape index (κ2) is 7.27. The molecule has 0 aromatic carbocycles. The van der Waals surface area contributed by atoms with Crippen LogP contribution in [0, 0.1) is 0 Å². The highest BCUT2D eigenvalue weighted by Crippen LogP contribution is 2.22. The largest absolute Gasteiger partial charge is 0.378 e. The van der Waals surface area contributed by atoms with Crippen molar-refractivity contribution in [1.29, 1.82) is 0 Å². The lowest BCUT2D eigenvalue weighted by Crippen LogP contribution is -2.34. The van der Waals surface area contributed by atoms with Crippen molar-refractivity contribution in [2.75, 3.05) is 13.2 Å². The normalized spacial score (nSPS) is 21.3. The first-order valence-electron chi connectivity index (χ1n) is 7.24. The van der Waals surface area contributed by atoms with Crippen molar-refractivity contribution >= 4 is 11.3 Å². The van der Waals surface area contributed by atoms with Crippen LogP contribution in [0.4, 0.5) is 0 Å². The van der Waals surface area contributed by atoms with Crippen LogP contribution in [-0.2, 0) is 17.6 Å². The van der Waals surface area contributed by atoms with Crippen LogP contribution in [0.5, 0.6) is 0 Å². The number of thiophene rings is 1. The molecule has 2 rings (SSSR count). The van der Waals surface area contributed by atoms with Gasteiger partial charge in [-0.1, -0.05) is 13.8 Å². The van der Waals surface area contributed by atoms with Crippen molar-refractivity contribution in [3.05, 3.63) is 21.9 Å². The Kier molecular flexibility index (Phi) is 5.67. The topological polar surface area (TPSA) is 21.3 Å². The van der Waals surface area contributed by atoms with Crippen molar-refractivity contribution in [3.63, 3.8) is 0 Å². The van der Waals surface area contributed by atoms with Crippen molar-refractivity contribution in [3.8, 4) is 0 Å². The number of likely N-dealkylation sites (N-methyl/N-ethyl adjacent to an activating group) is 1. The number of rotatable bonds is 7. The number of ether oxygens (including phenoxy) is 1. The average Bonchev–Trinajstić information content (AvgIpc) is 3.00. The molecule has 1 fully saturated rings. The van der Waals surface area contributed by atoms with E-state index in [0.717, 1.165) is 32.4 Å². The van der Waals surface area contributed by atoms with E-state index in [1.165, 1.54) is 22.6 Å². The smallest absolute Gasteiger partial charge is 0.0590 e. The van der Waals surface area contributed by atoms with Gasteiger partial charge in [0.2, 0.25) is 0 Å². The van der Waals surface area contributed by atoms with Crippen molar-refractivity contribution in [1.82, 2.24) is 5.32 Å². The molecule has 2 unspecified atom stereocenters. The quantitative estimate of drug-likeness (QED) is 0.817. The number of nitrogens with one attached hydrogen (secondary N) is 1. The Balaban J connectivity index is 1.87. The molecule has 1 aromatic heterocycles. The Labute approximate surface area is 115 Å². The fourth-order valence-corrected chi connectivity index (χ4v) is 3.68. The molecule has 1 N–H and O–H groups in total. The van der Waals surface area contributed by atoms with Gasteiger partial charge in [0.15, 0.2) is 0 Å². The van der Waals surface area contributed by atoms with Gasteiger partial charge in [0, 0.05) is 22.4 Å². The molecule has 0 radical (unpaired) electrons. The van der Waals surface area contributed by atoms with Crippen molar-refractivity contribution < 1.29 is 4.74 Å². The average molecular weight is 267 g/mol. The molecular formula is C15H25NOS. The molecule has 0 amide bonds. The highest BCUT2D eigenvalue weighted by Gasteiger charge is 2.20. The summed E-state index contributed by atoms with van der Waals surface area (Å²) >= 11 is 1.96. The Hall–Kier alpha value is -0.380. The SMILES string of the molecule is CCNC(Cc1ccc(CC)s1)CC1CCCO1. The summed E-state index contributed by atoms with van der Waals surface area (Å²) in [5.41, 5.74) is 0. The molecule has 18 heavy (non-hydrogen) atoms. The van der Waals surface area contributed by atoms with Gasteiger partial charge in [0.05, 0.1) is 6.10 Å². The molecule has 0 bridgehead atoms. The second-order valence-electron chi connectivity index (χ2n) is 5.05. The third-order valence-electron chi connectivity index (χ3n) is 3.58. The van der Waals surface area contributed by atoms with E-state index < -0.39 is 0 Å². The van der Waals surface area contributed by atoms with Gasteiger partial charge in [-0.25, -0.2) is 0 Å². The molecule has 2 nitrogen and oxygen atoms in total. The fourth-order valence-electron chi connectivity index (χ4n) is 2.64. The van der Waals surface area contributed by atoms with E-state index in [4.69, 9.17) is 4.74 Å². The summed E-state index contributed by atoms with van der Waals surface area (Å²) in [5.74, 6) is 0. The Morgan fingerprint density at radius 2 is 2.22 bits per heavy atom. The maximum atomic E-state index is 5.76. The zero-order chi connectivity index (χ0) is 12.8. The molecule has 2 heterocycles. The van der Waals surface area contributed by atoms with Crippen LogP contribution in [0.1, 0.15) is 42.9 Å². The van der Waals surface area contributed by atoms with E-state index in [1.807, 2.05) is 11.3 Å². The summed E-state index contributed by atoms with van der Waals surface area (Å²) in [4.78, 5) is 3.01. The summed E-state index contributed by atoms with van der Waals surface area (Å²) in [7, 11) is 0. The van der Waals surface area contributed by atoms with Gasteiger partial charge in [-0.2, -0.15) is 0 Å². The number of hydrogen-bond acceptors (Lipinski definition) is 3. The number of hydrogen-bond donors (Lipinski definition) is 1. The van der Waals surface area contributed by atoms with Gasteiger partial charge in [0.1, 0.15) is 0 Å². The standard InChI is InChI=1S/C15H25NOS/c1-3-14-7-8-15(18-14)11-12(16-4-2)10-13-6-5-9-17-13/h7-8,12-13,16H,3-6,9-11H2,1-2H3. The predicted octanol–water partition coefficient (Wildman–Crippen LogP) is 3.40. The minimum atomic E-state index is 0.486. The zero-order valence-corrected chi connectivity index (χ0v) is 12.4. The van der Waals surface area contributed by atoms with Crippen LogP contribution < -0.4 is 5.32 Å². The molecule has 3 heteroatoms. The second-order valence-corrected chi connectivity index (χ2v) is 6.30. The van der Waals surface area contributed by atoms with Gasteiger partial charge in [-0.05, 0) is 50.8 Å². The molecule has 1 aliphatic heterocycles. The molecule has 102 valence electrons. The molecule has 1 saturated heterocycles. The third-order valence-corrected chi connectivity index (χ3v) is 4.83. The van der Waals surface area contributed by atoms with Crippen molar-refractivity contribution in [2.24, 2.45) is 0 Å². The van der Waals surface area contributed by atoms with Gasteiger partial charge in [-0.3, -0.25) is 0 Å². The first-order chi connectivity index (χ1) is 8.81. The van der Waals surface area contributed by atoms with E-state index in [2.05, 4.69) is 31.3 Å². The first kappa shape index (κ1) is 14.0. The first-order valence-corrected chi connectivity index (χ1v) is 8.06. The lowest BCUT2D eigenvalue weighted by Gasteiger charge is -2.20. The minimum absolute atomic E-state index is 0.486. The summed E-state index contributed by atoms with van der Waals surface area (Å²) in [6, 6.07) is 5.14. The molecule has 0 spiro atoms. The fraction of sp³-hybridized carbons (Fsp3) is 0.733. The van der Waals surface area contributed by atoms with E-state index in [-0.39, 0.29) is 0 Å². The molecule has 0 aliphatic carbocycles. The van der Waals surface area contributed by atoms with Crippen LogP contribution >= 0.6 is 11.3 Å². The van der Waals surface area contributed by atoms with Crippen LogP contribution in [0.3, 0.4) is 0 Å². The maximum absolute atomic E-state index is 5.76. The van der Waals surface area contributed by atoms with E-state index in [1.54, 1.807) is 0 Å². The van der Waals surface area contributed by atoms with E-state index >= 15 is 0 Å². The van der Waals surface area contributed by atoms with Crippen LogP contribution in [0.25, 0.3) is 0 Å². The lowest BCUT2D eigenvalue weighted by molar-refractivity contribution is 0.0948. The van der Waals surface area contributed by atoms with Crippen LogP contribution in [-0.4, -0.2) is 25.3 Å². The summed E-state index contributed by atoms with van der Waals surface area (Å²) in [6.07, 6.45) is 6.43. The van der Waals surface area contributed by atoms with E-state index in [9.17, 15) is 0 Å². The van der Waals surface area contributed by atoms with Crippen molar-refractivity contribution in [2.45, 2.75) is 58.1 Å². The van der Waals surface area contributed by atoms with Crippen LogP contribution in [0.2, 0.25) is 0 Å². The molecular weight excluding hydrogens is 242 g/mol. The summed E-state index contributed by atoms with van der Waals surface area (Å²) in [6.45, 7) is 6.42. The Morgan fingerprint density at radius 3 is 2.83 bits per heavy atom. The lowest BCUT2D eigenvalue weighted by atomic mass is 10.0. The van der Waals surface area contributed by atoms with Gasteiger partial charge < -0.3 is 10.1 Å². The molecule has 1 aliphatic rings. The summed E-state index contributed by atoms with van der Waals surface area (Å²) < 4.78 is 5.76. The predicted molar refractivity (Wildman–Crippen MR) is 78.5 cm³/mol. The minimum Gasteiger partial charge on any atom is -0.378 e. The highest BCUT2D eigenvalue weighted by atomic mass is 32.1. The van der Waals surface area contributed by atoms with Gasteiger partial charge >= 0.3 is 0 Å². The Bertz CT molecular complexity index is 344. The molecule has 0 saturated carbocycles. The van der Waals surface area contributed by atoms with E-state index in [0.29, 0.717) is 12.1 Å². The van der Waals surface area contributed by atoms with Gasteiger partial charge in [-0.15, -0.1) is 11.3 Å². The van der Waals surface area contributed by atoms with Crippen LogP contribution in [0.15, 0.2) is 12.1 Å². The monoisotopic (exact) mass is 267 g/mol. The molecule has 2 atom stereocenters. The zero-order valence-electron chi connectivity index (χ0n) is 11.6. The van der Waals surface area contributed by atoms with Gasteiger partial charge in [0.25, 0.3) is 0 Å². The molecule has 1 aromatic rings. The summed E-state index contributed by atoms with van der Waals surface area (Å²) in [5, 5.41) is 3.61. The third kappa shape index (κ3) is 4.08.